The van der Waals surface area contributed by atoms with Crippen molar-refractivity contribution >= 4 is 29.4 Å². The van der Waals surface area contributed by atoms with E-state index in [4.69, 9.17) is 42.1 Å². The Morgan fingerprint density at radius 2 is 1.84 bits per heavy atom. The summed E-state index contributed by atoms with van der Waals surface area (Å²) in [6.45, 7) is 0. The van der Waals surface area contributed by atoms with Gasteiger partial charge in [0.25, 0.3) is 5.56 Å². The van der Waals surface area contributed by atoms with Crippen LogP contribution in [-0.2, 0) is 18.9 Å². The lowest BCUT2D eigenvalue weighted by atomic mass is 9.82. The molecule has 25 heavy (non-hydrogen) atoms. The lowest BCUT2D eigenvalue weighted by Crippen LogP contribution is -2.56. The van der Waals surface area contributed by atoms with Crippen LogP contribution in [0.15, 0.2) is 29.2 Å². The fourth-order valence-electron chi connectivity index (χ4n) is 2.88. The molecule has 0 radical (unpaired) electrons. The molecule has 0 N–H and O–H groups in total. The summed E-state index contributed by atoms with van der Waals surface area (Å²) >= 11 is 11.7. The zero-order valence-corrected chi connectivity index (χ0v) is 15.9. The predicted molar refractivity (Wildman–Crippen MR) is 94.6 cm³/mol. The molecule has 1 aliphatic carbocycles. The van der Waals surface area contributed by atoms with Gasteiger partial charge in [-0.2, -0.15) is 5.10 Å². The Kier molecular flexibility index (Phi) is 6.42. The molecule has 1 aromatic heterocycles. The number of methoxy groups -OCH3 is 4. The molecule has 9 heteroatoms. The lowest BCUT2D eigenvalue weighted by Gasteiger charge is -2.47. The highest BCUT2D eigenvalue weighted by atomic mass is 35.5. The van der Waals surface area contributed by atoms with Gasteiger partial charge in [0.15, 0.2) is 11.6 Å². The van der Waals surface area contributed by atoms with Crippen molar-refractivity contribution in [1.82, 2.24) is 9.78 Å². The van der Waals surface area contributed by atoms with Gasteiger partial charge in [0.1, 0.15) is 5.02 Å². The molecule has 0 bridgehead atoms. The van der Waals surface area contributed by atoms with Crippen LogP contribution in [0.3, 0.4) is 0 Å². The summed E-state index contributed by atoms with van der Waals surface area (Å²) in [6.07, 6.45) is 8.51. The zero-order valence-electron chi connectivity index (χ0n) is 14.4. The highest BCUT2D eigenvalue weighted by Crippen LogP contribution is 2.43. The van der Waals surface area contributed by atoms with E-state index in [1.54, 1.807) is 12.2 Å². The van der Waals surface area contributed by atoms with E-state index in [9.17, 15) is 4.79 Å². The molecule has 0 spiro atoms. The van der Waals surface area contributed by atoms with Crippen molar-refractivity contribution in [3.05, 3.63) is 44.8 Å². The van der Waals surface area contributed by atoms with E-state index < -0.39 is 23.1 Å². The molecule has 0 saturated heterocycles. The second-order valence-electron chi connectivity index (χ2n) is 5.33. The third kappa shape index (κ3) is 3.53. The molecule has 2 rings (SSSR count). The molecule has 1 atom stereocenters. The van der Waals surface area contributed by atoms with Gasteiger partial charge in [-0.25, -0.2) is 4.68 Å². The first kappa shape index (κ1) is 20.1. The topological polar surface area (TPSA) is 71.8 Å². The van der Waals surface area contributed by atoms with Crippen molar-refractivity contribution in [1.29, 1.82) is 0 Å². The van der Waals surface area contributed by atoms with E-state index in [1.807, 2.05) is 6.08 Å². The zero-order chi connectivity index (χ0) is 18.7. The minimum atomic E-state index is -1.14. The first-order chi connectivity index (χ1) is 11.9. The summed E-state index contributed by atoms with van der Waals surface area (Å²) in [4.78, 5) is 12.2. The van der Waals surface area contributed by atoms with Gasteiger partial charge in [0.2, 0.25) is 0 Å². The van der Waals surface area contributed by atoms with Gasteiger partial charge >= 0.3 is 0 Å². The SMILES string of the molecule is COC1(OC)C=CCC(OC)(OC)C1/C=C/n1ncc(Cl)c(Cl)c1=O. The first-order valence-corrected chi connectivity index (χ1v) is 8.14. The fourth-order valence-corrected chi connectivity index (χ4v) is 3.14. The molecule has 138 valence electrons. The Labute approximate surface area is 155 Å². The van der Waals surface area contributed by atoms with E-state index >= 15 is 0 Å². The Balaban J connectivity index is 2.52. The first-order valence-electron chi connectivity index (χ1n) is 7.39. The van der Waals surface area contributed by atoms with Gasteiger partial charge in [-0.1, -0.05) is 35.4 Å². The third-order valence-electron chi connectivity index (χ3n) is 4.31. The molecule has 0 aromatic carbocycles. The summed E-state index contributed by atoms with van der Waals surface area (Å²) in [5.74, 6) is -2.73. The van der Waals surface area contributed by atoms with E-state index in [-0.39, 0.29) is 10.0 Å². The van der Waals surface area contributed by atoms with Crippen molar-refractivity contribution < 1.29 is 18.9 Å². The molecular weight excluding hydrogens is 371 g/mol. The molecule has 1 aliphatic rings. The Bertz CT molecular complexity index is 724. The number of ether oxygens (including phenoxy) is 4. The Morgan fingerprint density at radius 1 is 1.20 bits per heavy atom. The van der Waals surface area contributed by atoms with Gasteiger partial charge in [-0.3, -0.25) is 4.79 Å². The van der Waals surface area contributed by atoms with Gasteiger partial charge in [-0.05, 0) is 6.08 Å². The molecule has 1 aromatic rings. The van der Waals surface area contributed by atoms with Crippen LogP contribution in [0.1, 0.15) is 6.42 Å². The number of rotatable bonds is 6. The number of hydrogen-bond donors (Lipinski definition) is 0. The number of hydrogen-bond acceptors (Lipinski definition) is 6. The number of halogens is 2. The molecular formula is C16H20Cl2N2O5. The number of nitrogens with zero attached hydrogens (tertiary/aromatic N) is 2. The quantitative estimate of drug-likeness (QED) is 0.548. The average Bonchev–Trinajstić information content (AvgIpc) is 2.65. The van der Waals surface area contributed by atoms with E-state index in [0.717, 1.165) is 4.68 Å². The molecule has 0 aliphatic heterocycles. The monoisotopic (exact) mass is 390 g/mol. The normalized spacial score (nSPS) is 21.8. The Morgan fingerprint density at radius 3 is 2.40 bits per heavy atom. The molecule has 0 fully saturated rings. The lowest BCUT2D eigenvalue weighted by molar-refractivity contribution is -0.307. The van der Waals surface area contributed by atoms with E-state index in [0.29, 0.717) is 6.42 Å². The third-order valence-corrected chi connectivity index (χ3v) is 5.06. The van der Waals surface area contributed by atoms with Crippen LogP contribution >= 0.6 is 23.2 Å². The van der Waals surface area contributed by atoms with Crippen LogP contribution in [-0.4, -0.2) is 49.8 Å². The van der Waals surface area contributed by atoms with Crippen molar-refractivity contribution in [3.63, 3.8) is 0 Å². The summed E-state index contributed by atoms with van der Waals surface area (Å²) in [5.41, 5.74) is -0.544. The molecule has 0 amide bonds. The summed E-state index contributed by atoms with van der Waals surface area (Å²) in [7, 11) is 6.09. The summed E-state index contributed by atoms with van der Waals surface area (Å²) in [5, 5.41) is 3.92. The average molecular weight is 391 g/mol. The second-order valence-corrected chi connectivity index (χ2v) is 6.12. The largest absolute Gasteiger partial charge is 0.352 e. The summed E-state index contributed by atoms with van der Waals surface area (Å²) in [6, 6.07) is 0. The molecule has 1 unspecified atom stereocenters. The van der Waals surface area contributed by atoms with E-state index in [1.165, 1.54) is 40.8 Å². The maximum absolute atomic E-state index is 12.2. The van der Waals surface area contributed by atoms with Crippen molar-refractivity contribution in [2.45, 2.75) is 18.0 Å². The van der Waals surface area contributed by atoms with Gasteiger partial charge < -0.3 is 18.9 Å². The summed E-state index contributed by atoms with van der Waals surface area (Å²) < 4.78 is 23.5. The Hall–Kier alpha value is -1.22. The van der Waals surface area contributed by atoms with Crippen molar-refractivity contribution in [2.24, 2.45) is 5.92 Å². The predicted octanol–water partition coefficient (Wildman–Crippen LogP) is 2.58. The highest BCUT2D eigenvalue weighted by molar-refractivity contribution is 6.41. The van der Waals surface area contributed by atoms with Crippen molar-refractivity contribution in [2.75, 3.05) is 28.4 Å². The van der Waals surface area contributed by atoms with Crippen LogP contribution in [0.2, 0.25) is 10.0 Å². The number of aromatic nitrogens is 2. The minimum Gasteiger partial charge on any atom is -0.352 e. The molecule has 1 heterocycles. The highest BCUT2D eigenvalue weighted by Gasteiger charge is 2.53. The van der Waals surface area contributed by atoms with Gasteiger partial charge in [0.05, 0.1) is 17.1 Å². The molecule has 7 nitrogen and oxygen atoms in total. The van der Waals surface area contributed by atoms with Crippen LogP contribution in [0.4, 0.5) is 0 Å². The van der Waals surface area contributed by atoms with Crippen LogP contribution in [0, 0.1) is 5.92 Å². The van der Waals surface area contributed by atoms with Crippen LogP contribution in [0.5, 0.6) is 0 Å². The van der Waals surface area contributed by atoms with Gasteiger partial charge in [0, 0.05) is 41.1 Å². The maximum Gasteiger partial charge on any atom is 0.291 e. The maximum atomic E-state index is 12.2. The fraction of sp³-hybridized carbons (Fsp3) is 0.500. The van der Waals surface area contributed by atoms with Crippen LogP contribution in [0.25, 0.3) is 6.20 Å². The standard InChI is InChI=1S/C16H20Cl2N2O5/c1-22-15(23-2)7-5-8-16(24-3,25-4)12(15)6-9-20-14(21)13(18)11(17)10-19-20/h5-7,9-10,12H,8H2,1-4H3/b9-6+. The smallest absolute Gasteiger partial charge is 0.291 e. The van der Waals surface area contributed by atoms with Gasteiger partial charge in [-0.15, -0.1) is 0 Å². The minimum absolute atomic E-state index is 0.0863. The van der Waals surface area contributed by atoms with Crippen LogP contribution < -0.4 is 5.56 Å². The molecule has 0 saturated carbocycles. The van der Waals surface area contributed by atoms with E-state index in [2.05, 4.69) is 5.10 Å². The van der Waals surface area contributed by atoms with Crippen molar-refractivity contribution in [3.8, 4) is 0 Å². The second kappa shape index (κ2) is 7.99.